The van der Waals surface area contributed by atoms with E-state index in [0.717, 1.165) is 66.7 Å². The van der Waals surface area contributed by atoms with Crippen LogP contribution in [0.3, 0.4) is 0 Å². The van der Waals surface area contributed by atoms with Crippen LogP contribution in [0, 0.1) is 0 Å². The molecule has 2 heterocycles. The fourth-order valence-electron chi connectivity index (χ4n) is 9.68. The summed E-state index contributed by atoms with van der Waals surface area (Å²) in [5.41, 5.74) is 16.4. The van der Waals surface area contributed by atoms with E-state index in [-0.39, 0.29) is 5.41 Å². The van der Waals surface area contributed by atoms with Crippen molar-refractivity contribution >= 4 is 43.5 Å². The number of rotatable bonds is 5. The Balaban J connectivity index is 1.02. The van der Waals surface area contributed by atoms with Crippen molar-refractivity contribution in [1.29, 1.82) is 0 Å². The highest BCUT2D eigenvalue weighted by molar-refractivity contribution is 6.19. The first-order valence-corrected chi connectivity index (χ1v) is 20.6. The molecule has 0 N–H and O–H groups in total. The van der Waals surface area contributed by atoms with Gasteiger partial charge in [-0.2, -0.15) is 0 Å². The minimum absolute atomic E-state index is 0.120. The van der Waals surface area contributed by atoms with Crippen LogP contribution in [-0.2, 0) is 5.41 Å². The van der Waals surface area contributed by atoms with Gasteiger partial charge in [-0.1, -0.05) is 166 Å². The molecule has 0 saturated carbocycles. The topological polar surface area (TPSA) is 38.9 Å². The molecule has 1 aliphatic rings. The average Bonchev–Trinajstić information content (AvgIpc) is 3.79. The Morgan fingerprint density at radius 3 is 1.90 bits per heavy atom. The van der Waals surface area contributed by atoms with Gasteiger partial charge in [-0.15, -0.1) is 0 Å². The molecule has 9 aromatic carbocycles. The summed E-state index contributed by atoms with van der Waals surface area (Å²) in [5.74, 6) is 0.689. The summed E-state index contributed by atoms with van der Waals surface area (Å²) in [4.78, 5) is 10.6. The first-order chi connectivity index (χ1) is 29.5. The first-order valence-electron chi connectivity index (χ1n) is 20.6. The molecule has 0 spiro atoms. The molecule has 0 aliphatic heterocycles. The van der Waals surface area contributed by atoms with Crippen molar-refractivity contribution in [3.8, 4) is 67.3 Å². The maximum atomic E-state index is 6.39. The smallest absolute Gasteiger partial charge is 0.160 e. The highest BCUT2D eigenvalue weighted by atomic mass is 16.3. The van der Waals surface area contributed by atoms with Crippen molar-refractivity contribution in [2.75, 3.05) is 0 Å². The third-order valence-electron chi connectivity index (χ3n) is 12.7. The average molecular weight is 767 g/mol. The Labute approximate surface area is 348 Å². The molecule has 60 heavy (non-hydrogen) atoms. The van der Waals surface area contributed by atoms with Gasteiger partial charge in [0.1, 0.15) is 11.2 Å². The maximum Gasteiger partial charge on any atom is 0.160 e. The molecular formula is C57H38N2O. The van der Waals surface area contributed by atoms with Crippen molar-refractivity contribution in [3.63, 3.8) is 0 Å². The lowest BCUT2D eigenvalue weighted by Crippen LogP contribution is -2.14. The normalized spacial score (nSPS) is 13.0. The lowest BCUT2D eigenvalue weighted by atomic mass is 9.81. The van der Waals surface area contributed by atoms with Gasteiger partial charge in [0.2, 0.25) is 0 Å². The Kier molecular flexibility index (Phi) is 7.58. The number of furan rings is 1. The highest BCUT2D eigenvalue weighted by Gasteiger charge is 2.37. The van der Waals surface area contributed by atoms with Crippen molar-refractivity contribution in [2.24, 2.45) is 0 Å². The number of nitrogens with zero attached hydrogens (tertiary/aromatic N) is 2. The molecule has 11 aromatic rings. The van der Waals surface area contributed by atoms with E-state index in [4.69, 9.17) is 14.4 Å². The fourth-order valence-corrected chi connectivity index (χ4v) is 9.68. The van der Waals surface area contributed by atoms with Crippen molar-refractivity contribution in [1.82, 2.24) is 9.97 Å². The summed E-state index contributed by atoms with van der Waals surface area (Å²) in [5, 5.41) is 7.17. The van der Waals surface area contributed by atoms with E-state index in [2.05, 4.69) is 190 Å². The summed E-state index contributed by atoms with van der Waals surface area (Å²) in [6, 6.07) is 69.5. The minimum Gasteiger partial charge on any atom is -0.456 e. The van der Waals surface area contributed by atoms with Gasteiger partial charge in [-0.25, -0.2) is 9.97 Å². The molecule has 0 bridgehead atoms. The van der Waals surface area contributed by atoms with E-state index < -0.39 is 0 Å². The van der Waals surface area contributed by atoms with Gasteiger partial charge in [0, 0.05) is 32.9 Å². The number of hydrogen-bond acceptors (Lipinski definition) is 3. The zero-order valence-electron chi connectivity index (χ0n) is 33.3. The second-order valence-electron chi connectivity index (χ2n) is 16.5. The van der Waals surface area contributed by atoms with Gasteiger partial charge >= 0.3 is 0 Å². The number of fused-ring (bicyclic) bond motifs is 9. The standard InChI is InChI=1S/C57H38N2O/c1-57(2)48-25-13-24-44(54(48)46-31-37-17-6-7-18-38(37)33-49(46)57)39-19-12-20-41(30-39)50-34-51(59-56(58-50)36-15-4-3-5-16-36)45-23-11-10-21-42(45)40-27-28-52-47(32-40)55-43-22-9-8-14-35(43)26-29-53(55)60-52/h3-34H,1-2H3. The van der Waals surface area contributed by atoms with Crippen LogP contribution in [0.4, 0.5) is 0 Å². The van der Waals surface area contributed by atoms with Crippen molar-refractivity contribution < 1.29 is 4.42 Å². The first kappa shape index (κ1) is 34.4. The van der Waals surface area contributed by atoms with E-state index >= 15 is 0 Å². The molecular weight excluding hydrogens is 729 g/mol. The summed E-state index contributed by atoms with van der Waals surface area (Å²) < 4.78 is 6.39. The molecule has 0 unspecified atom stereocenters. The van der Waals surface area contributed by atoms with Gasteiger partial charge < -0.3 is 4.42 Å². The Bertz CT molecular complexity index is 3520. The van der Waals surface area contributed by atoms with E-state index in [1.807, 2.05) is 18.2 Å². The largest absolute Gasteiger partial charge is 0.456 e. The van der Waals surface area contributed by atoms with Crippen LogP contribution in [0.2, 0.25) is 0 Å². The Hall–Kier alpha value is -7.62. The molecule has 2 aromatic heterocycles. The molecule has 0 saturated heterocycles. The van der Waals surface area contributed by atoms with Gasteiger partial charge in [0.05, 0.1) is 11.4 Å². The number of aromatic nitrogens is 2. The molecule has 3 nitrogen and oxygen atoms in total. The van der Waals surface area contributed by atoms with Gasteiger partial charge in [0.15, 0.2) is 5.82 Å². The highest BCUT2D eigenvalue weighted by Crippen LogP contribution is 2.53. The van der Waals surface area contributed by atoms with Crippen LogP contribution in [0.5, 0.6) is 0 Å². The van der Waals surface area contributed by atoms with Crippen LogP contribution < -0.4 is 0 Å². The molecule has 1 aliphatic carbocycles. The van der Waals surface area contributed by atoms with Crippen LogP contribution in [0.25, 0.3) is 111 Å². The van der Waals surface area contributed by atoms with Crippen LogP contribution >= 0.6 is 0 Å². The zero-order valence-corrected chi connectivity index (χ0v) is 33.3. The van der Waals surface area contributed by atoms with Crippen LogP contribution in [-0.4, -0.2) is 9.97 Å². The predicted octanol–water partition coefficient (Wildman–Crippen LogP) is 15.3. The Morgan fingerprint density at radius 1 is 0.383 bits per heavy atom. The molecule has 12 rings (SSSR count). The van der Waals surface area contributed by atoms with E-state index in [0.29, 0.717) is 5.82 Å². The monoisotopic (exact) mass is 766 g/mol. The maximum absolute atomic E-state index is 6.39. The van der Waals surface area contributed by atoms with Crippen molar-refractivity contribution in [2.45, 2.75) is 19.3 Å². The molecule has 0 radical (unpaired) electrons. The number of benzene rings is 9. The van der Waals surface area contributed by atoms with Gasteiger partial charge in [-0.3, -0.25) is 0 Å². The third-order valence-corrected chi connectivity index (χ3v) is 12.7. The minimum atomic E-state index is -0.120. The number of hydrogen-bond donors (Lipinski definition) is 0. The lowest BCUT2D eigenvalue weighted by Gasteiger charge is -2.22. The van der Waals surface area contributed by atoms with Crippen LogP contribution in [0.1, 0.15) is 25.0 Å². The Morgan fingerprint density at radius 2 is 1.03 bits per heavy atom. The van der Waals surface area contributed by atoms with Gasteiger partial charge in [-0.05, 0) is 109 Å². The van der Waals surface area contributed by atoms with E-state index in [1.54, 1.807) is 0 Å². The quantitative estimate of drug-likeness (QED) is 0.175. The second-order valence-corrected chi connectivity index (χ2v) is 16.5. The van der Waals surface area contributed by atoms with Gasteiger partial charge in [0.25, 0.3) is 0 Å². The fraction of sp³-hybridized carbons (Fsp3) is 0.0526. The molecule has 0 fully saturated rings. The third kappa shape index (κ3) is 5.36. The van der Waals surface area contributed by atoms with E-state index in [1.165, 1.54) is 49.4 Å². The molecule has 282 valence electrons. The molecule has 3 heteroatoms. The van der Waals surface area contributed by atoms with Crippen molar-refractivity contribution in [3.05, 3.63) is 205 Å². The van der Waals surface area contributed by atoms with Crippen LogP contribution in [0.15, 0.2) is 199 Å². The summed E-state index contributed by atoms with van der Waals surface area (Å²) in [7, 11) is 0. The molecule has 0 atom stereocenters. The lowest BCUT2D eigenvalue weighted by molar-refractivity contribution is 0.661. The predicted molar refractivity (Wildman–Crippen MR) is 249 cm³/mol. The summed E-state index contributed by atoms with van der Waals surface area (Å²) >= 11 is 0. The molecule has 0 amide bonds. The SMILES string of the molecule is CC1(C)c2cc3ccccc3cc2-c2c(-c3cccc(-c4cc(-c5ccccc5-c5ccc6oc7ccc8ccccc8c7c6c5)nc(-c5ccccc5)n4)c3)cccc21. The van der Waals surface area contributed by atoms with E-state index in [9.17, 15) is 0 Å². The summed E-state index contributed by atoms with van der Waals surface area (Å²) in [6.45, 7) is 4.71. The zero-order chi connectivity index (χ0) is 40.0. The second kappa shape index (κ2) is 13.2. The summed E-state index contributed by atoms with van der Waals surface area (Å²) in [6.07, 6.45) is 0.